The molecule has 0 spiro atoms. The molecule has 4 rings (SSSR count). The first kappa shape index (κ1) is 17.8. The molecule has 0 saturated carbocycles. The number of anilines is 2. The zero-order chi connectivity index (χ0) is 19.3. The first-order valence-electron chi connectivity index (χ1n) is 9.14. The Morgan fingerprint density at radius 2 is 1.86 bits per heavy atom. The number of hydrogen-bond acceptors (Lipinski definition) is 7. The van der Waals surface area contributed by atoms with E-state index < -0.39 is 0 Å². The molecule has 1 aliphatic rings. The summed E-state index contributed by atoms with van der Waals surface area (Å²) in [6.45, 7) is 3.80. The molecule has 0 unspecified atom stereocenters. The van der Waals surface area contributed by atoms with E-state index in [0.717, 1.165) is 31.6 Å². The second-order valence-electron chi connectivity index (χ2n) is 6.56. The van der Waals surface area contributed by atoms with Gasteiger partial charge in [0.05, 0.1) is 23.8 Å². The van der Waals surface area contributed by atoms with Gasteiger partial charge in [0.1, 0.15) is 5.75 Å². The van der Waals surface area contributed by atoms with Crippen molar-refractivity contribution >= 4 is 17.5 Å². The molecule has 1 fully saturated rings. The predicted octanol–water partition coefficient (Wildman–Crippen LogP) is 3.22. The number of amides is 1. The minimum Gasteiger partial charge on any atom is -0.438 e. The maximum absolute atomic E-state index is 12.5. The highest BCUT2D eigenvalue weighted by molar-refractivity contribution is 6.04. The average molecular weight is 376 g/mol. The number of aromatic nitrogens is 4. The van der Waals surface area contributed by atoms with Gasteiger partial charge in [-0.3, -0.25) is 4.79 Å². The Morgan fingerprint density at radius 3 is 2.57 bits per heavy atom. The van der Waals surface area contributed by atoms with E-state index in [2.05, 4.69) is 30.4 Å². The van der Waals surface area contributed by atoms with E-state index in [-0.39, 0.29) is 5.91 Å². The van der Waals surface area contributed by atoms with Crippen molar-refractivity contribution < 1.29 is 9.53 Å². The van der Waals surface area contributed by atoms with Gasteiger partial charge in [-0.1, -0.05) is 6.07 Å². The normalized spacial score (nSPS) is 13.4. The highest BCUT2D eigenvalue weighted by Gasteiger charge is 2.15. The highest BCUT2D eigenvalue weighted by Crippen LogP contribution is 2.21. The van der Waals surface area contributed by atoms with Crippen molar-refractivity contribution in [1.29, 1.82) is 0 Å². The Morgan fingerprint density at radius 1 is 1.07 bits per heavy atom. The molecule has 28 heavy (non-hydrogen) atoms. The minimum absolute atomic E-state index is 0.266. The van der Waals surface area contributed by atoms with Crippen LogP contribution in [0, 0.1) is 6.92 Å². The molecule has 0 bridgehead atoms. The van der Waals surface area contributed by atoms with Crippen molar-refractivity contribution in [3.05, 3.63) is 60.0 Å². The Hall–Kier alpha value is -3.55. The number of nitrogens with one attached hydrogen (secondary N) is 1. The summed E-state index contributed by atoms with van der Waals surface area (Å²) in [5, 5.41) is 10.7. The van der Waals surface area contributed by atoms with Crippen molar-refractivity contribution in [2.45, 2.75) is 19.8 Å². The topological polar surface area (TPSA) is 93.1 Å². The molecule has 3 heterocycles. The van der Waals surface area contributed by atoms with Crippen LogP contribution in [0.25, 0.3) is 0 Å². The minimum atomic E-state index is -0.266. The van der Waals surface area contributed by atoms with E-state index in [4.69, 9.17) is 4.74 Å². The predicted molar refractivity (Wildman–Crippen MR) is 105 cm³/mol. The lowest BCUT2D eigenvalue weighted by Gasteiger charge is -2.14. The van der Waals surface area contributed by atoms with E-state index in [1.165, 1.54) is 0 Å². The Balaban J connectivity index is 1.42. The van der Waals surface area contributed by atoms with E-state index in [0.29, 0.717) is 28.8 Å². The van der Waals surface area contributed by atoms with Crippen molar-refractivity contribution in [1.82, 2.24) is 20.2 Å². The lowest BCUT2D eigenvalue weighted by atomic mass is 10.2. The van der Waals surface area contributed by atoms with Crippen LogP contribution in [0.3, 0.4) is 0 Å². The lowest BCUT2D eigenvalue weighted by molar-refractivity contribution is 0.102. The molecule has 2 aromatic heterocycles. The standard InChI is InChI=1S/C20H20N6O2/c1-14-7-8-18(25-24-14)28-17-6-4-5-15(11-17)19(27)23-16-12-21-20(22-13-16)26-9-2-3-10-26/h4-8,11-13H,2-3,9-10H2,1H3,(H,23,27). The van der Waals surface area contributed by atoms with Crippen molar-refractivity contribution in [3.8, 4) is 11.6 Å². The Bertz CT molecular complexity index is 953. The van der Waals surface area contributed by atoms with E-state index in [9.17, 15) is 4.79 Å². The van der Waals surface area contributed by atoms with Crippen molar-refractivity contribution in [2.75, 3.05) is 23.3 Å². The fourth-order valence-electron chi connectivity index (χ4n) is 2.93. The number of rotatable bonds is 5. The molecule has 1 N–H and O–H groups in total. The summed E-state index contributed by atoms with van der Waals surface area (Å²) in [6, 6.07) is 10.4. The van der Waals surface area contributed by atoms with Gasteiger partial charge in [-0.2, -0.15) is 5.10 Å². The molecule has 8 heteroatoms. The molecule has 0 aliphatic carbocycles. The SMILES string of the molecule is Cc1ccc(Oc2cccc(C(=O)Nc3cnc(N4CCCC4)nc3)c2)nn1. The van der Waals surface area contributed by atoms with Gasteiger partial charge < -0.3 is 15.0 Å². The summed E-state index contributed by atoms with van der Waals surface area (Å²) >= 11 is 0. The van der Waals surface area contributed by atoms with Crippen LogP contribution in [-0.2, 0) is 0 Å². The molecular formula is C20H20N6O2. The number of nitrogens with zero attached hydrogens (tertiary/aromatic N) is 5. The maximum Gasteiger partial charge on any atom is 0.255 e. The van der Waals surface area contributed by atoms with Gasteiger partial charge in [-0.15, -0.1) is 5.10 Å². The van der Waals surface area contributed by atoms with Gasteiger partial charge in [0.2, 0.25) is 11.8 Å². The van der Waals surface area contributed by atoms with Gasteiger partial charge in [0.15, 0.2) is 0 Å². The second-order valence-corrected chi connectivity index (χ2v) is 6.56. The van der Waals surface area contributed by atoms with Crippen LogP contribution in [0.2, 0.25) is 0 Å². The average Bonchev–Trinajstić information content (AvgIpc) is 3.25. The third-order valence-corrected chi connectivity index (χ3v) is 4.38. The molecular weight excluding hydrogens is 356 g/mol. The monoisotopic (exact) mass is 376 g/mol. The van der Waals surface area contributed by atoms with Crippen LogP contribution in [0.4, 0.5) is 11.6 Å². The number of carbonyl (C=O) groups is 1. The Kier molecular flexibility index (Phi) is 5.09. The summed E-state index contributed by atoms with van der Waals surface area (Å²) < 4.78 is 5.66. The largest absolute Gasteiger partial charge is 0.438 e. The zero-order valence-electron chi connectivity index (χ0n) is 15.5. The third kappa shape index (κ3) is 4.22. The summed E-state index contributed by atoms with van der Waals surface area (Å²) in [5.41, 5.74) is 1.81. The second kappa shape index (κ2) is 7.99. The first-order valence-corrected chi connectivity index (χ1v) is 9.14. The molecule has 1 aliphatic heterocycles. The third-order valence-electron chi connectivity index (χ3n) is 4.38. The molecule has 0 radical (unpaired) electrons. The zero-order valence-corrected chi connectivity index (χ0v) is 15.5. The van der Waals surface area contributed by atoms with Gasteiger partial charge in [-0.25, -0.2) is 9.97 Å². The first-order chi connectivity index (χ1) is 13.7. The van der Waals surface area contributed by atoms with E-state index in [1.54, 1.807) is 42.7 Å². The van der Waals surface area contributed by atoms with Gasteiger partial charge in [0, 0.05) is 24.7 Å². The van der Waals surface area contributed by atoms with Crippen LogP contribution >= 0.6 is 0 Å². The molecule has 142 valence electrons. The van der Waals surface area contributed by atoms with Crippen LogP contribution in [-0.4, -0.2) is 39.2 Å². The summed E-state index contributed by atoms with van der Waals surface area (Å²) in [5.74, 6) is 1.31. The van der Waals surface area contributed by atoms with Crippen LogP contribution < -0.4 is 15.0 Å². The Labute approximate surface area is 162 Å². The van der Waals surface area contributed by atoms with E-state index in [1.807, 2.05) is 13.0 Å². The maximum atomic E-state index is 12.5. The molecule has 3 aromatic rings. The van der Waals surface area contributed by atoms with Gasteiger partial charge in [-0.05, 0) is 44.0 Å². The number of hydrogen-bond donors (Lipinski definition) is 1. The van der Waals surface area contributed by atoms with Crippen LogP contribution in [0.15, 0.2) is 48.8 Å². The van der Waals surface area contributed by atoms with Crippen LogP contribution in [0.1, 0.15) is 28.9 Å². The summed E-state index contributed by atoms with van der Waals surface area (Å²) in [6.07, 6.45) is 5.57. The lowest BCUT2D eigenvalue weighted by Crippen LogP contribution is -2.20. The van der Waals surface area contributed by atoms with Gasteiger partial charge >= 0.3 is 0 Å². The molecule has 1 saturated heterocycles. The quantitative estimate of drug-likeness (QED) is 0.731. The molecule has 1 aromatic carbocycles. The molecule has 8 nitrogen and oxygen atoms in total. The van der Waals surface area contributed by atoms with Crippen LogP contribution in [0.5, 0.6) is 11.6 Å². The van der Waals surface area contributed by atoms with Crippen molar-refractivity contribution in [3.63, 3.8) is 0 Å². The highest BCUT2D eigenvalue weighted by atomic mass is 16.5. The van der Waals surface area contributed by atoms with Crippen molar-refractivity contribution in [2.24, 2.45) is 0 Å². The summed E-state index contributed by atoms with van der Waals surface area (Å²) in [4.78, 5) is 23.4. The van der Waals surface area contributed by atoms with Gasteiger partial charge in [0.25, 0.3) is 5.91 Å². The van der Waals surface area contributed by atoms with E-state index >= 15 is 0 Å². The number of benzene rings is 1. The number of aryl methyl sites for hydroxylation is 1. The molecule has 0 atom stereocenters. The number of carbonyl (C=O) groups excluding carboxylic acids is 1. The number of ether oxygens (including phenoxy) is 1. The summed E-state index contributed by atoms with van der Waals surface area (Å²) in [7, 11) is 0. The fourth-order valence-corrected chi connectivity index (χ4v) is 2.93. The smallest absolute Gasteiger partial charge is 0.255 e. The molecule has 1 amide bonds. The fraction of sp³-hybridized carbons (Fsp3) is 0.250.